The van der Waals surface area contributed by atoms with Gasteiger partial charge in [0.25, 0.3) is 0 Å². The van der Waals surface area contributed by atoms with Crippen LogP contribution in [0.25, 0.3) is 0 Å². The lowest BCUT2D eigenvalue weighted by molar-refractivity contribution is 0.0836. The van der Waals surface area contributed by atoms with E-state index in [2.05, 4.69) is 10.3 Å². The Kier molecular flexibility index (Phi) is 2.14. The molecule has 0 aliphatic heterocycles. The second-order valence-electron chi connectivity index (χ2n) is 3.33. The summed E-state index contributed by atoms with van der Waals surface area (Å²) in [5, 5.41) is 12.1. The van der Waals surface area contributed by atoms with E-state index in [0.29, 0.717) is 0 Å². The van der Waals surface area contributed by atoms with Gasteiger partial charge in [0.05, 0.1) is 6.10 Å². The van der Waals surface area contributed by atoms with E-state index in [0.717, 1.165) is 18.5 Å². The van der Waals surface area contributed by atoms with Crippen LogP contribution in [0.5, 0.6) is 0 Å². The van der Waals surface area contributed by atoms with Gasteiger partial charge in [-0.25, -0.2) is 4.98 Å². The van der Waals surface area contributed by atoms with Crippen molar-refractivity contribution >= 4 is 5.69 Å². The molecular weight excluding hydrogens is 171 g/mol. The maximum atomic E-state index is 12.6. The molecule has 1 fully saturated rings. The van der Waals surface area contributed by atoms with Crippen molar-refractivity contribution in [1.82, 2.24) is 4.98 Å². The molecule has 2 N–H and O–H groups in total. The van der Waals surface area contributed by atoms with Crippen molar-refractivity contribution in [1.29, 1.82) is 0 Å². The minimum Gasteiger partial charge on any atom is -0.393 e. The van der Waals surface area contributed by atoms with Crippen LogP contribution in [-0.2, 0) is 0 Å². The van der Waals surface area contributed by atoms with Crippen LogP contribution >= 0.6 is 0 Å². The van der Waals surface area contributed by atoms with Crippen molar-refractivity contribution in [3.8, 4) is 0 Å². The summed E-state index contributed by atoms with van der Waals surface area (Å²) in [7, 11) is 0. The number of rotatable bonds is 2. The molecule has 1 saturated carbocycles. The monoisotopic (exact) mass is 182 g/mol. The van der Waals surface area contributed by atoms with Gasteiger partial charge in [0.2, 0.25) is 5.95 Å². The first kappa shape index (κ1) is 8.44. The Hall–Kier alpha value is -1.16. The van der Waals surface area contributed by atoms with E-state index in [1.54, 1.807) is 6.07 Å². The Morgan fingerprint density at radius 2 is 2.31 bits per heavy atom. The number of hydrogen-bond donors (Lipinski definition) is 2. The fraction of sp³-hybridized carbons (Fsp3) is 0.444. The van der Waals surface area contributed by atoms with Crippen LogP contribution in [0.3, 0.4) is 0 Å². The highest BCUT2D eigenvalue weighted by Crippen LogP contribution is 2.23. The summed E-state index contributed by atoms with van der Waals surface area (Å²) in [6, 6.07) is 3.34. The molecular formula is C9H11FN2O. The van der Waals surface area contributed by atoms with E-state index in [9.17, 15) is 4.39 Å². The lowest BCUT2D eigenvalue weighted by Crippen LogP contribution is -2.38. The van der Waals surface area contributed by atoms with Crippen molar-refractivity contribution in [2.45, 2.75) is 25.0 Å². The minimum absolute atomic E-state index is 0.191. The first-order chi connectivity index (χ1) is 6.24. The number of anilines is 1. The third kappa shape index (κ3) is 1.95. The second kappa shape index (κ2) is 3.30. The van der Waals surface area contributed by atoms with Gasteiger partial charge in [0.1, 0.15) is 0 Å². The van der Waals surface area contributed by atoms with Crippen molar-refractivity contribution < 1.29 is 9.50 Å². The molecule has 0 unspecified atom stereocenters. The first-order valence-electron chi connectivity index (χ1n) is 4.30. The lowest BCUT2D eigenvalue weighted by atomic mass is 9.89. The number of pyridine rings is 1. The van der Waals surface area contributed by atoms with Crippen LogP contribution in [0.4, 0.5) is 10.1 Å². The maximum absolute atomic E-state index is 12.6. The summed E-state index contributed by atoms with van der Waals surface area (Å²) >= 11 is 0. The molecule has 0 spiro atoms. The molecule has 0 radical (unpaired) electrons. The zero-order valence-electron chi connectivity index (χ0n) is 7.07. The SMILES string of the molecule is OC1CC(Nc2ccnc(F)c2)C1. The fourth-order valence-corrected chi connectivity index (χ4v) is 1.43. The molecule has 0 bridgehead atoms. The highest BCUT2D eigenvalue weighted by molar-refractivity contribution is 5.42. The summed E-state index contributed by atoms with van der Waals surface area (Å²) in [6.07, 6.45) is 2.71. The van der Waals surface area contributed by atoms with E-state index in [1.807, 2.05) is 0 Å². The van der Waals surface area contributed by atoms with E-state index in [-0.39, 0.29) is 12.1 Å². The van der Waals surface area contributed by atoms with Gasteiger partial charge >= 0.3 is 0 Å². The summed E-state index contributed by atoms with van der Waals surface area (Å²) in [4.78, 5) is 3.45. The van der Waals surface area contributed by atoms with Crippen LogP contribution < -0.4 is 5.32 Å². The second-order valence-corrected chi connectivity index (χ2v) is 3.33. The number of halogens is 1. The van der Waals surface area contributed by atoms with E-state index >= 15 is 0 Å². The lowest BCUT2D eigenvalue weighted by Gasteiger charge is -2.32. The molecule has 0 amide bonds. The molecule has 0 aromatic carbocycles. The molecule has 13 heavy (non-hydrogen) atoms. The molecule has 1 aromatic rings. The average Bonchev–Trinajstić information content (AvgIpc) is 2.01. The Labute approximate surface area is 75.6 Å². The molecule has 1 aliphatic rings. The highest BCUT2D eigenvalue weighted by Gasteiger charge is 2.26. The number of aromatic nitrogens is 1. The normalized spacial score (nSPS) is 26.6. The van der Waals surface area contributed by atoms with Crippen LogP contribution in [-0.4, -0.2) is 22.2 Å². The standard InChI is InChI=1S/C9H11FN2O/c10-9-5-6(1-2-11-9)12-7-3-8(13)4-7/h1-2,5,7-8,13H,3-4H2,(H,11,12). The highest BCUT2D eigenvalue weighted by atomic mass is 19.1. The topological polar surface area (TPSA) is 45.1 Å². The molecule has 1 heterocycles. The van der Waals surface area contributed by atoms with Gasteiger partial charge in [-0.1, -0.05) is 0 Å². The van der Waals surface area contributed by atoms with E-state index in [1.165, 1.54) is 12.3 Å². The Balaban J connectivity index is 1.94. The fourth-order valence-electron chi connectivity index (χ4n) is 1.43. The minimum atomic E-state index is -0.482. The van der Waals surface area contributed by atoms with Gasteiger partial charge in [-0.05, 0) is 18.9 Å². The number of aliphatic hydroxyl groups is 1. The molecule has 70 valence electrons. The first-order valence-corrected chi connectivity index (χ1v) is 4.30. The Bertz CT molecular complexity index is 299. The summed E-state index contributed by atoms with van der Waals surface area (Å²) in [5.41, 5.74) is 0.726. The van der Waals surface area contributed by atoms with Gasteiger partial charge in [-0.2, -0.15) is 4.39 Å². The van der Waals surface area contributed by atoms with Crippen molar-refractivity contribution in [2.24, 2.45) is 0 Å². The third-order valence-corrected chi connectivity index (χ3v) is 2.21. The van der Waals surface area contributed by atoms with Gasteiger partial charge in [0, 0.05) is 24.0 Å². The summed E-state index contributed by atoms with van der Waals surface area (Å²) < 4.78 is 12.6. The summed E-state index contributed by atoms with van der Waals surface area (Å²) in [5.74, 6) is -0.482. The maximum Gasteiger partial charge on any atom is 0.214 e. The third-order valence-electron chi connectivity index (χ3n) is 2.21. The Morgan fingerprint density at radius 1 is 1.54 bits per heavy atom. The quantitative estimate of drug-likeness (QED) is 0.674. The van der Waals surface area contributed by atoms with Gasteiger partial charge in [-0.15, -0.1) is 0 Å². The molecule has 1 aliphatic carbocycles. The molecule has 2 rings (SSSR count). The molecule has 3 nitrogen and oxygen atoms in total. The summed E-state index contributed by atoms with van der Waals surface area (Å²) in [6.45, 7) is 0. The number of nitrogens with one attached hydrogen (secondary N) is 1. The smallest absolute Gasteiger partial charge is 0.214 e. The Morgan fingerprint density at radius 3 is 2.92 bits per heavy atom. The van der Waals surface area contributed by atoms with Gasteiger partial charge in [0.15, 0.2) is 0 Å². The van der Waals surface area contributed by atoms with Crippen LogP contribution in [0.2, 0.25) is 0 Å². The van der Waals surface area contributed by atoms with Crippen LogP contribution in [0.1, 0.15) is 12.8 Å². The van der Waals surface area contributed by atoms with E-state index < -0.39 is 5.95 Å². The molecule has 0 saturated heterocycles. The van der Waals surface area contributed by atoms with Gasteiger partial charge < -0.3 is 10.4 Å². The van der Waals surface area contributed by atoms with Crippen molar-refractivity contribution in [3.63, 3.8) is 0 Å². The molecule has 4 heteroatoms. The number of aliphatic hydroxyl groups excluding tert-OH is 1. The molecule has 1 aromatic heterocycles. The van der Waals surface area contributed by atoms with Crippen molar-refractivity contribution in [3.05, 3.63) is 24.3 Å². The zero-order valence-corrected chi connectivity index (χ0v) is 7.07. The van der Waals surface area contributed by atoms with Gasteiger partial charge in [-0.3, -0.25) is 0 Å². The molecule has 0 atom stereocenters. The number of hydrogen-bond acceptors (Lipinski definition) is 3. The average molecular weight is 182 g/mol. The largest absolute Gasteiger partial charge is 0.393 e. The number of nitrogens with zero attached hydrogens (tertiary/aromatic N) is 1. The van der Waals surface area contributed by atoms with Crippen LogP contribution in [0.15, 0.2) is 18.3 Å². The van der Waals surface area contributed by atoms with Crippen LogP contribution in [0, 0.1) is 5.95 Å². The van der Waals surface area contributed by atoms with E-state index in [4.69, 9.17) is 5.11 Å². The van der Waals surface area contributed by atoms with Crippen molar-refractivity contribution in [2.75, 3.05) is 5.32 Å². The predicted molar refractivity (Wildman–Crippen MR) is 46.8 cm³/mol. The zero-order chi connectivity index (χ0) is 9.26. The predicted octanol–water partition coefficient (Wildman–Crippen LogP) is 1.16.